The first-order valence-corrected chi connectivity index (χ1v) is 9.58. The molecule has 0 atom stereocenters. The van der Waals surface area contributed by atoms with E-state index in [0.717, 1.165) is 11.4 Å². The smallest absolute Gasteiger partial charge is 0.378 e. The summed E-state index contributed by atoms with van der Waals surface area (Å²) in [6, 6.07) is 11.2. The maximum atomic E-state index is 12.7. The molecule has 8 heteroatoms. The Morgan fingerprint density at radius 2 is 1.40 bits per heavy atom. The van der Waals surface area contributed by atoms with Gasteiger partial charge in [-0.2, -0.15) is 14.8 Å². The van der Waals surface area contributed by atoms with Gasteiger partial charge in [-0.1, -0.05) is 0 Å². The molecule has 0 saturated carbocycles. The van der Waals surface area contributed by atoms with Crippen molar-refractivity contribution in [3.8, 4) is 0 Å². The lowest BCUT2D eigenvalue weighted by molar-refractivity contribution is -0.541. The second-order valence-electron chi connectivity index (χ2n) is 5.35. The molecule has 0 aliphatic rings. The molecule has 0 radical (unpaired) electrons. The summed E-state index contributed by atoms with van der Waals surface area (Å²) in [5.41, 5.74) is 2.51. The van der Waals surface area contributed by atoms with Gasteiger partial charge in [0.15, 0.2) is 12.4 Å². The van der Waals surface area contributed by atoms with Crippen molar-refractivity contribution >= 4 is 24.8 Å². The van der Waals surface area contributed by atoms with Crippen LogP contribution in [0.1, 0.15) is 13.8 Å². The van der Waals surface area contributed by atoms with Crippen molar-refractivity contribution in [1.29, 1.82) is 0 Å². The maximum Gasteiger partial charge on any atom is 0.612 e. The van der Waals surface area contributed by atoms with Gasteiger partial charge in [-0.05, 0) is 38.1 Å². The molecule has 1 aromatic heterocycles. The Balaban J connectivity index is 2.12. The molecule has 1 aromatic carbocycles. The van der Waals surface area contributed by atoms with Crippen molar-refractivity contribution < 1.29 is 18.0 Å². The predicted molar refractivity (Wildman–Crippen MR) is 97.8 cm³/mol. The molecule has 25 heavy (non-hydrogen) atoms. The van der Waals surface area contributed by atoms with E-state index in [9.17, 15) is 4.57 Å². The first kappa shape index (κ1) is 19.2. The van der Waals surface area contributed by atoms with Crippen molar-refractivity contribution in [2.24, 2.45) is 10.2 Å². The number of rotatable bonds is 8. The first-order valence-electron chi connectivity index (χ1n) is 8.09. The van der Waals surface area contributed by atoms with Crippen LogP contribution in [0.2, 0.25) is 0 Å². The van der Waals surface area contributed by atoms with E-state index >= 15 is 0 Å². The Hall–Kier alpha value is -2.08. The van der Waals surface area contributed by atoms with Gasteiger partial charge in [0.2, 0.25) is 0 Å². The fourth-order valence-corrected chi connectivity index (χ4v) is 3.52. The molecular weight excluding hydrogens is 339 g/mol. The zero-order valence-corrected chi connectivity index (χ0v) is 15.9. The van der Waals surface area contributed by atoms with Gasteiger partial charge in [-0.15, -0.1) is 4.34 Å². The molecule has 0 bridgehead atoms. The molecule has 7 nitrogen and oxygen atoms in total. The number of nitrogens with zero attached hydrogens (tertiary/aromatic N) is 4. The fourth-order valence-electron chi connectivity index (χ4n) is 2.07. The second kappa shape index (κ2) is 8.85. The summed E-state index contributed by atoms with van der Waals surface area (Å²) in [6.45, 7) is 4.15. The highest BCUT2D eigenvalue weighted by molar-refractivity contribution is 7.46. The van der Waals surface area contributed by atoms with Gasteiger partial charge in [0, 0.05) is 31.9 Å². The molecule has 0 amide bonds. The summed E-state index contributed by atoms with van der Waals surface area (Å²) in [7, 11) is 0.626. The van der Waals surface area contributed by atoms with Crippen molar-refractivity contribution in [3.05, 3.63) is 48.8 Å². The summed E-state index contributed by atoms with van der Waals surface area (Å²) in [6.07, 6.45) is 3.24. The summed E-state index contributed by atoms with van der Waals surface area (Å²) >= 11 is 0. The summed E-state index contributed by atoms with van der Waals surface area (Å²) in [5, 5.41) is 8.40. The molecule has 2 rings (SSSR count). The van der Waals surface area contributed by atoms with Crippen LogP contribution in [0.25, 0.3) is 0 Å². The fraction of sp³-hybridized carbons (Fsp3) is 0.353. The third-order valence-corrected chi connectivity index (χ3v) is 5.31. The van der Waals surface area contributed by atoms with Crippen LogP contribution >= 0.6 is 7.75 Å². The van der Waals surface area contributed by atoms with Gasteiger partial charge in [-0.3, -0.25) is 9.05 Å². The average Bonchev–Trinajstić information content (AvgIpc) is 2.61. The number of benzene rings is 1. The maximum absolute atomic E-state index is 12.7. The number of aromatic nitrogens is 1. The summed E-state index contributed by atoms with van der Waals surface area (Å²) in [5.74, 6) is 0. The van der Waals surface area contributed by atoms with Gasteiger partial charge in [0.05, 0.1) is 24.6 Å². The highest BCUT2D eigenvalue weighted by atomic mass is 31.2. The minimum absolute atomic E-state index is 0.300. The van der Waals surface area contributed by atoms with Gasteiger partial charge in [0.25, 0.3) is 0 Å². The molecule has 1 heterocycles. The van der Waals surface area contributed by atoms with E-state index in [1.165, 1.54) is 4.34 Å². The topological polar surface area (TPSA) is 67.4 Å². The van der Waals surface area contributed by atoms with E-state index in [2.05, 4.69) is 10.2 Å². The lowest BCUT2D eigenvalue weighted by Crippen LogP contribution is -2.32. The monoisotopic (exact) mass is 363 g/mol. The number of hydrogen-bond acceptors (Lipinski definition) is 6. The van der Waals surface area contributed by atoms with Crippen LogP contribution in [-0.2, 0) is 13.6 Å². The van der Waals surface area contributed by atoms with E-state index in [-0.39, 0.29) is 0 Å². The highest BCUT2D eigenvalue weighted by Crippen LogP contribution is 2.42. The van der Waals surface area contributed by atoms with E-state index in [1.54, 1.807) is 38.4 Å². The Labute approximate surface area is 148 Å². The molecule has 0 aliphatic heterocycles. The molecule has 0 spiro atoms. The summed E-state index contributed by atoms with van der Waals surface area (Å²) < 4.78 is 24.7. The van der Waals surface area contributed by atoms with Crippen LogP contribution in [0, 0.1) is 0 Å². The first-order chi connectivity index (χ1) is 12.0. The van der Waals surface area contributed by atoms with Crippen LogP contribution in [-0.4, -0.2) is 27.3 Å². The van der Waals surface area contributed by atoms with E-state index < -0.39 is 7.75 Å². The second-order valence-corrected chi connectivity index (χ2v) is 7.27. The molecule has 0 N–H and O–H groups in total. The normalized spacial score (nSPS) is 11.8. The zero-order chi connectivity index (χ0) is 18.3. The molecule has 0 aliphatic carbocycles. The minimum atomic E-state index is -3.34. The third kappa shape index (κ3) is 5.19. The van der Waals surface area contributed by atoms with Gasteiger partial charge in [0.1, 0.15) is 0 Å². The van der Waals surface area contributed by atoms with E-state index in [0.29, 0.717) is 18.9 Å². The number of azo groups is 1. The average molecular weight is 363 g/mol. The Morgan fingerprint density at radius 3 is 1.84 bits per heavy atom. The molecule has 2 aromatic rings. The standard InChI is InChI=1S/C17H24N4O3P/c1-5-23-25(22,24-6-2)21-13-11-16(12-14-21)19-18-15-7-9-17(10-8-15)20(3)4/h7-14H,5-6H2,1-4H3/q+1. The van der Waals surface area contributed by atoms with Gasteiger partial charge >= 0.3 is 7.75 Å². The Bertz CT molecular complexity index is 735. The Morgan fingerprint density at radius 1 is 0.920 bits per heavy atom. The Kier molecular flexibility index (Phi) is 6.82. The summed E-state index contributed by atoms with van der Waals surface area (Å²) in [4.78, 5) is 2.02. The van der Waals surface area contributed by atoms with E-state index in [1.807, 2.05) is 43.3 Å². The van der Waals surface area contributed by atoms with Crippen molar-refractivity contribution in [1.82, 2.24) is 0 Å². The molecule has 0 saturated heterocycles. The molecule has 134 valence electrons. The zero-order valence-electron chi connectivity index (χ0n) is 15.0. The SMILES string of the molecule is CCOP(=O)(OCC)[n+]1ccc(N=Nc2ccc(N(C)C)cc2)cc1. The van der Waals surface area contributed by atoms with Crippen LogP contribution in [0.5, 0.6) is 0 Å². The molecule has 0 fully saturated rings. The minimum Gasteiger partial charge on any atom is -0.378 e. The largest absolute Gasteiger partial charge is 0.612 e. The quantitative estimate of drug-likeness (QED) is 0.512. The van der Waals surface area contributed by atoms with Crippen LogP contribution in [0.4, 0.5) is 17.1 Å². The lowest BCUT2D eigenvalue weighted by Gasteiger charge is -2.11. The van der Waals surface area contributed by atoms with Crippen molar-refractivity contribution in [2.45, 2.75) is 13.8 Å². The van der Waals surface area contributed by atoms with Crippen LogP contribution in [0.3, 0.4) is 0 Å². The lowest BCUT2D eigenvalue weighted by atomic mass is 10.3. The number of pyridine rings is 1. The number of anilines is 1. The highest BCUT2D eigenvalue weighted by Gasteiger charge is 2.36. The van der Waals surface area contributed by atoms with E-state index in [4.69, 9.17) is 9.05 Å². The van der Waals surface area contributed by atoms with Crippen molar-refractivity contribution in [2.75, 3.05) is 32.2 Å². The predicted octanol–water partition coefficient (Wildman–Crippen LogP) is 4.48. The van der Waals surface area contributed by atoms with Crippen molar-refractivity contribution in [3.63, 3.8) is 0 Å². The number of hydrogen-bond donors (Lipinski definition) is 0. The molecular formula is C17H24N4O3P+. The van der Waals surface area contributed by atoms with Crippen LogP contribution in [0.15, 0.2) is 59.0 Å². The van der Waals surface area contributed by atoms with Gasteiger partial charge < -0.3 is 4.90 Å². The third-order valence-electron chi connectivity index (χ3n) is 3.31. The molecule has 0 unspecified atom stereocenters. The van der Waals surface area contributed by atoms with Gasteiger partial charge in [-0.25, -0.2) is 0 Å². The van der Waals surface area contributed by atoms with Crippen LogP contribution < -0.4 is 9.24 Å².